The third-order valence-electron chi connectivity index (χ3n) is 6.07. The number of nitrogens with zero attached hydrogens (tertiary/aromatic N) is 3. The van der Waals surface area contributed by atoms with Gasteiger partial charge in [0.1, 0.15) is 6.54 Å². The largest absolute Gasteiger partial charge is 0.368 e. The predicted molar refractivity (Wildman–Crippen MR) is 115 cm³/mol. The lowest BCUT2D eigenvalue weighted by molar-refractivity contribution is -0.118. The molecule has 1 saturated heterocycles. The number of urea groups is 1. The lowest BCUT2D eigenvalue weighted by atomic mass is 9.75. The van der Waals surface area contributed by atoms with Gasteiger partial charge in [0.25, 0.3) is 0 Å². The third kappa shape index (κ3) is 4.33. The van der Waals surface area contributed by atoms with Crippen LogP contribution in [0.3, 0.4) is 0 Å². The molecular weight excluding hydrogens is 394 g/mol. The van der Waals surface area contributed by atoms with Crippen molar-refractivity contribution >= 4 is 17.7 Å². The summed E-state index contributed by atoms with van der Waals surface area (Å²) in [4.78, 5) is 39.4. The number of rotatable bonds is 5. The van der Waals surface area contributed by atoms with Gasteiger partial charge in [-0.2, -0.15) is 5.10 Å². The van der Waals surface area contributed by atoms with Crippen LogP contribution in [0.4, 0.5) is 4.79 Å². The zero-order valence-corrected chi connectivity index (χ0v) is 18.1. The van der Waals surface area contributed by atoms with Crippen LogP contribution in [0.25, 0.3) is 0 Å². The molecule has 0 spiro atoms. The Morgan fingerprint density at radius 3 is 2.68 bits per heavy atom. The fourth-order valence-corrected chi connectivity index (χ4v) is 4.72. The van der Waals surface area contributed by atoms with Crippen LogP contribution in [-0.2, 0) is 24.3 Å². The van der Waals surface area contributed by atoms with Gasteiger partial charge in [0.2, 0.25) is 5.91 Å². The van der Waals surface area contributed by atoms with E-state index >= 15 is 0 Å². The molecule has 2 heterocycles. The fourth-order valence-electron chi connectivity index (χ4n) is 4.72. The molecule has 3 N–H and O–H groups in total. The van der Waals surface area contributed by atoms with Crippen molar-refractivity contribution < 1.29 is 14.4 Å². The van der Waals surface area contributed by atoms with Gasteiger partial charge in [0.15, 0.2) is 5.78 Å². The van der Waals surface area contributed by atoms with Crippen molar-refractivity contribution in [3.8, 4) is 0 Å². The Morgan fingerprint density at radius 2 is 1.97 bits per heavy atom. The first-order valence-corrected chi connectivity index (χ1v) is 10.7. The Kier molecular flexibility index (Phi) is 5.56. The highest BCUT2D eigenvalue weighted by Crippen LogP contribution is 2.41. The van der Waals surface area contributed by atoms with Gasteiger partial charge in [-0.25, -0.2) is 4.79 Å². The van der Waals surface area contributed by atoms with E-state index in [1.165, 1.54) is 0 Å². The number of Topliss-reactive ketones (excluding diaryl/α,β-unsaturated/α-hetero) is 1. The summed E-state index contributed by atoms with van der Waals surface area (Å²) in [6, 6.07) is 9.27. The number of nitrogens with one attached hydrogen (secondary N) is 1. The first-order chi connectivity index (χ1) is 14.7. The van der Waals surface area contributed by atoms with E-state index in [1.807, 2.05) is 44.2 Å². The molecule has 3 amide bonds. The van der Waals surface area contributed by atoms with E-state index < -0.39 is 5.91 Å². The maximum Gasteiger partial charge on any atom is 0.318 e. The summed E-state index contributed by atoms with van der Waals surface area (Å²) in [7, 11) is 0. The molecule has 4 rings (SSSR count). The fraction of sp³-hybridized carbons (Fsp3) is 0.478. The summed E-state index contributed by atoms with van der Waals surface area (Å²) in [5.41, 5.74) is 8.18. The average molecular weight is 424 g/mol. The molecule has 1 fully saturated rings. The first-order valence-electron chi connectivity index (χ1n) is 10.7. The molecule has 8 nitrogen and oxygen atoms in total. The van der Waals surface area contributed by atoms with E-state index in [-0.39, 0.29) is 29.8 Å². The summed E-state index contributed by atoms with van der Waals surface area (Å²) < 4.78 is 1.57. The predicted octanol–water partition coefficient (Wildman–Crippen LogP) is 2.57. The van der Waals surface area contributed by atoms with E-state index in [0.717, 1.165) is 24.1 Å². The van der Waals surface area contributed by atoms with E-state index in [0.29, 0.717) is 37.2 Å². The molecule has 2 aliphatic rings. The van der Waals surface area contributed by atoms with E-state index in [9.17, 15) is 14.4 Å². The lowest BCUT2D eigenvalue weighted by Gasteiger charge is -2.30. The van der Waals surface area contributed by atoms with Crippen molar-refractivity contribution in [2.24, 2.45) is 11.1 Å². The number of likely N-dealkylation sites (tertiary alicyclic amines) is 1. The number of carbonyl (C=O) groups excluding carboxylic acids is 3. The molecule has 2 aromatic rings. The number of amides is 3. The molecular formula is C23H29N5O3. The van der Waals surface area contributed by atoms with Gasteiger partial charge in [-0.3, -0.25) is 14.3 Å². The van der Waals surface area contributed by atoms with Crippen LogP contribution in [0.5, 0.6) is 0 Å². The monoisotopic (exact) mass is 423 g/mol. The second kappa shape index (κ2) is 8.17. The summed E-state index contributed by atoms with van der Waals surface area (Å²) in [5.74, 6) is -0.481. The number of ketones is 1. The Hall–Kier alpha value is -3.16. The number of primary amides is 1. The van der Waals surface area contributed by atoms with Crippen LogP contribution >= 0.6 is 0 Å². The quantitative estimate of drug-likeness (QED) is 0.770. The molecule has 0 saturated carbocycles. The maximum absolute atomic E-state index is 13.1. The minimum absolute atomic E-state index is 0.0218. The maximum atomic E-state index is 13.1. The Bertz CT molecular complexity index is 1010. The summed E-state index contributed by atoms with van der Waals surface area (Å²) in [6.07, 6.45) is 2.62. The van der Waals surface area contributed by atoms with Crippen LogP contribution in [0, 0.1) is 5.41 Å². The van der Waals surface area contributed by atoms with Crippen LogP contribution in [0.1, 0.15) is 66.5 Å². The minimum atomic E-state index is -0.503. The molecule has 164 valence electrons. The van der Waals surface area contributed by atoms with Gasteiger partial charge in [-0.05, 0) is 30.2 Å². The summed E-state index contributed by atoms with van der Waals surface area (Å²) >= 11 is 0. The van der Waals surface area contributed by atoms with Crippen LogP contribution in [0.2, 0.25) is 0 Å². The molecule has 1 aliphatic carbocycles. The van der Waals surface area contributed by atoms with Gasteiger partial charge in [0, 0.05) is 19.5 Å². The Balaban J connectivity index is 1.62. The molecule has 0 unspecified atom stereocenters. The first kappa shape index (κ1) is 21.1. The average Bonchev–Trinajstić information content (AvgIpc) is 3.31. The Morgan fingerprint density at radius 1 is 1.23 bits per heavy atom. The third-order valence-corrected chi connectivity index (χ3v) is 6.07. The molecule has 0 bridgehead atoms. The van der Waals surface area contributed by atoms with Crippen molar-refractivity contribution in [2.45, 2.75) is 58.7 Å². The van der Waals surface area contributed by atoms with Gasteiger partial charge >= 0.3 is 6.03 Å². The van der Waals surface area contributed by atoms with Gasteiger partial charge in [-0.15, -0.1) is 0 Å². The van der Waals surface area contributed by atoms with Gasteiger partial charge in [-0.1, -0.05) is 44.2 Å². The number of nitrogens with two attached hydrogens (primary N) is 1. The number of benzene rings is 1. The SMILES string of the molecule is CC1(C)CC(=O)c2c([C@@H]3CCCN3C(=O)NCc3ccccc3)nn(CC(N)=O)c2C1. The zero-order valence-electron chi connectivity index (χ0n) is 18.1. The molecule has 1 aliphatic heterocycles. The van der Waals surface area contributed by atoms with Crippen molar-refractivity contribution in [1.82, 2.24) is 20.0 Å². The highest BCUT2D eigenvalue weighted by Gasteiger charge is 2.41. The van der Waals surface area contributed by atoms with E-state index in [4.69, 9.17) is 5.73 Å². The molecule has 1 atom stereocenters. The molecule has 31 heavy (non-hydrogen) atoms. The topological polar surface area (TPSA) is 110 Å². The highest BCUT2D eigenvalue weighted by molar-refractivity contribution is 6.00. The standard InChI is InChI=1S/C23H29N5O3/c1-23(2)11-17-20(18(29)12-23)21(26-28(17)14-19(24)30)16-9-6-10-27(16)22(31)25-13-15-7-4-3-5-8-15/h3-5,7-8,16H,6,9-14H2,1-2H3,(H2,24,30)(H,25,31)/t16-/m0/s1. The normalized spacial score (nSPS) is 19.9. The Labute approximate surface area is 181 Å². The smallest absolute Gasteiger partial charge is 0.318 e. The second-order valence-electron chi connectivity index (χ2n) is 9.27. The van der Waals surface area contributed by atoms with Crippen molar-refractivity contribution in [1.29, 1.82) is 0 Å². The van der Waals surface area contributed by atoms with Gasteiger partial charge in [0.05, 0.1) is 23.0 Å². The second-order valence-corrected chi connectivity index (χ2v) is 9.27. The lowest BCUT2D eigenvalue weighted by Crippen LogP contribution is -2.39. The minimum Gasteiger partial charge on any atom is -0.368 e. The van der Waals surface area contributed by atoms with Crippen LogP contribution in [-0.4, -0.2) is 38.9 Å². The van der Waals surface area contributed by atoms with Crippen molar-refractivity contribution in [2.75, 3.05) is 6.54 Å². The summed E-state index contributed by atoms with van der Waals surface area (Å²) in [5, 5.41) is 7.63. The zero-order chi connectivity index (χ0) is 22.2. The van der Waals surface area contributed by atoms with E-state index in [1.54, 1.807) is 9.58 Å². The molecule has 1 aromatic heterocycles. The van der Waals surface area contributed by atoms with Crippen molar-refractivity contribution in [3.05, 3.63) is 52.8 Å². The van der Waals surface area contributed by atoms with Crippen LogP contribution < -0.4 is 11.1 Å². The molecule has 1 aromatic carbocycles. The number of aromatic nitrogens is 2. The molecule has 0 radical (unpaired) electrons. The molecule has 8 heteroatoms. The number of hydrogen-bond donors (Lipinski definition) is 2. The van der Waals surface area contributed by atoms with E-state index in [2.05, 4.69) is 10.4 Å². The number of fused-ring (bicyclic) bond motifs is 1. The number of hydrogen-bond acceptors (Lipinski definition) is 4. The van der Waals surface area contributed by atoms with Gasteiger partial charge < -0.3 is 16.0 Å². The highest BCUT2D eigenvalue weighted by atomic mass is 16.2. The van der Waals surface area contributed by atoms with Crippen LogP contribution in [0.15, 0.2) is 30.3 Å². The van der Waals surface area contributed by atoms with Crippen molar-refractivity contribution in [3.63, 3.8) is 0 Å². The summed E-state index contributed by atoms with van der Waals surface area (Å²) in [6.45, 7) is 5.04. The number of carbonyl (C=O) groups is 3.